The summed E-state index contributed by atoms with van der Waals surface area (Å²) in [5.41, 5.74) is 3.36. The Balaban J connectivity index is 1.49. The van der Waals surface area contributed by atoms with Crippen LogP contribution >= 0.6 is 0 Å². The first-order chi connectivity index (χ1) is 18.4. The van der Waals surface area contributed by atoms with Gasteiger partial charge in [0.25, 0.3) is 10.0 Å². The number of fused-ring (bicyclic) bond motifs is 1. The van der Waals surface area contributed by atoms with Gasteiger partial charge in [-0.25, -0.2) is 27.2 Å². The molecule has 0 spiro atoms. The fourth-order valence-corrected chi connectivity index (χ4v) is 5.29. The molecule has 4 aromatic carbocycles. The van der Waals surface area contributed by atoms with Crippen molar-refractivity contribution in [2.45, 2.75) is 4.90 Å². The molecule has 188 valence electrons. The summed E-state index contributed by atoms with van der Waals surface area (Å²) >= 11 is 0. The van der Waals surface area contributed by atoms with E-state index in [1.165, 1.54) is 30.7 Å². The van der Waals surface area contributed by atoms with Crippen LogP contribution in [0.1, 0.15) is 0 Å². The molecule has 0 saturated carbocycles. The van der Waals surface area contributed by atoms with Crippen molar-refractivity contribution in [1.29, 1.82) is 0 Å². The van der Waals surface area contributed by atoms with Gasteiger partial charge in [-0.05, 0) is 66.2 Å². The average Bonchev–Trinajstić information content (AvgIpc) is 3.59. The lowest BCUT2D eigenvalue weighted by Crippen LogP contribution is -2.13. The van der Waals surface area contributed by atoms with E-state index in [1.54, 1.807) is 47.4 Å². The monoisotopic (exact) mass is 528 g/mol. The number of halogens is 2. The van der Waals surface area contributed by atoms with Crippen molar-refractivity contribution in [3.05, 3.63) is 115 Å². The van der Waals surface area contributed by atoms with Gasteiger partial charge >= 0.3 is 0 Å². The van der Waals surface area contributed by atoms with Gasteiger partial charge in [0, 0.05) is 22.9 Å². The molecule has 0 fully saturated rings. The maximum atomic E-state index is 14.8. The number of sulfonamides is 1. The van der Waals surface area contributed by atoms with Crippen molar-refractivity contribution >= 4 is 26.7 Å². The third-order valence-electron chi connectivity index (χ3n) is 6.01. The van der Waals surface area contributed by atoms with E-state index >= 15 is 0 Å². The van der Waals surface area contributed by atoms with Crippen LogP contribution in [0.4, 0.5) is 14.5 Å². The van der Waals surface area contributed by atoms with Crippen LogP contribution in [0.3, 0.4) is 0 Å². The van der Waals surface area contributed by atoms with Crippen LogP contribution in [0.15, 0.2) is 113 Å². The van der Waals surface area contributed by atoms with Crippen LogP contribution in [0.25, 0.3) is 39.2 Å². The molecule has 6 rings (SSSR count). The predicted octanol–water partition coefficient (Wildman–Crippen LogP) is 6.43. The van der Waals surface area contributed by atoms with Crippen LogP contribution in [0.5, 0.6) is 0 Å². The van der Waals surface area contributed by atoms with Crippen molar-refractivity contribution in [2.24, 2.45) is 0 Å². The zero-order valence-electron chi connectivity index (χ0n) is 19.5. The van der Waals surface area contributed by atoms with E-state index in [0.29, 0.717) is 22.5 Å². The van der Waals surface area contributed by atoms with Crippen molar-refractivity contribution in [1.82, 2.24) is 14.5 Å². The van der Waals surface area contributed by atoms with Crippen molar-refractivity contribution in [3.8, 4) is 28.1 Å². The number of hydrogen-bond donors (Lipinski definition) is 1. The Morgan fingerprint density at radius 2 is 1.71 bits per heavy atom. The van der Waals surface area contributed by atoms with Gasteiger partial charge in [-0.15, -0.1) is 0 Å². The molecular weight excluding hydrogens is 510 g/mol. The standard InChI is InChI=1S/C28H18F2N4O3S/c29-20-7-8-24(25(30)13-20)19-10-21(33-38(35,36)23-4-2-1-3-5-23)14-22(11-19)34-16-32-26-12-18(6-9-27(26)34)28-15-31-17-37-28/h1-17,33H. The molecule has 0 radical (unpaired) electrons. The third-order valence-corrected chi connectivity index (χ3v) is 7.41. The molecule has 7 nitrogen and oxygen atoms in total. The van der Waals surface area contributed by atoms with Crippen LogP contribution in [0, 0.1) is 11.6 Å². The van der Waals surface area contributed by atoms with Gasteiger partial charge in [0.2, 0.25) is 0 Å². The van der Waals surface area contributed by atoms with Gasteiger partial charge in [-0.2, -0.15) is 0 Å². The van der Waals surface area contributed by atoms with Crippen LogP contribution in [0.2, 0.25) is 0 Å². The summed E-state index contributed by atoms with van der Waals surface area (Å²) in [6.07, 6.45) is 4.53. The lowest BCUT2D eigenvalue weighted by atomic mass is 10.0. The number of oxazole rings is 1. The molecule has 0 aliphatic rings. The lowest BCUT2D eigenvalue weighted by Gasteiger charge is -2.14. The summed E-state index contributed by atoms with van der Waals surface area (Å²) < 4.78 is 64.2. The van der Waals surface area contributed by atoms with E-state index in [2.05, 4.69) is 14.7 Å². The molecule has 0 bridgehead atoms. The highest BCUT2D eigenvalue weighted by molar-refractivity contribution is 7.92. The van der Waals surface area contributed by atoms with E-state index in [1.807, 2.05) is 18.2 Å². The molecule has 6 aromatic rings. The molecule has 2 aromatic heterocycles. The summed E-state index contributed by atoms with van der Waals surface area (Å²) in [5, 5.41) is 0. The summed E-state index contributed by atoms with van der Waals surface area (Å²) in [6, 6.07) is 21.5. The first-order valence-corrected chi connectivity index (χ1v) is 12.9. The van der Waals surface area contributed by atoms with Gasteiger partial charge in [0.1, 0.15) is 18.0 Å². The minimum atomic E-state index is -3.93. The van der Waals surface area contributed by atoms with Gasteiger partial charge in [-0.3, -0.25) is 9.29 Å². The number of anilines is 1. The highest BCUT2D eigenvalue weighted by Gasteiger charge is 2.17. The predicted molar refractivity (Wildman–Crippen MR) is 139 cm³/mol. The molecule has 2 heterocycles. The maximum Gasteiger partial charge on any atom is 0.261 e. The Morgan fingerprint density at radius 1 is 0.868 bits per heavy atom. The van der Waals surface area contributed by atoms with E-state index in [0.717, 1.165) is 23.2 Å². The Kier molecular flexibility index (Phi) is 5.73. The number of benzene rings is 4. The van der Waals surface area contributed by atoms with E-state index in [-0.39, 0.29) is 16.1 Å². The molecule has 0 unspecified atom stereocenters. The van der Waals surface area contributed by atoms with Gasteiger partial charge in [0.15, 0.2) is 12.2 Å². The molecule has 10 heteroatoms. The summed E-state index contributed by atoms with van der Waals surface area (Å²) in [4.78, 5) is 8.51. The van der Waals surface area contributed by atoms with E-state index in [4.69, 9.17) is 4.42 Å². The minimum Gasteiger partial charge on any atom is -0.444 e. The topological polar surface area (TPSA) is 90.0 Å². The number of rotatable bonds is 6. The summed E-state index contributed by atoms with van der Waals surface area (Å²) in [6.45, 7) is 0. The second-order valence-electron chi connectivity index (χ2n) is 8.50. The van der Waals surface area contributed by atoms with Crippen LogP contribution < -0.4 is 4.72 Å². The number of aromatic nitrogens is 3. The fraction of sp³-hybridized carbons (Fsp3) is 0. The normalized spacial score (nSPS) is 11.6. The number of nitrogens with zero attached hydrogens (tertiary/aromatic N) is 3. The molecule has 1 N–H and O–H groups in total. The molecule has 0 aliphatic carbocycles. The Bertz CT molecular complexity index is 1890. The van der Waals surface area contributed by atoms with Crippen molar-refractivity contribution in [2.75, 3.05) is 4.72 Å². The average molecular weight is 529 g/mol. The Morgan fingerprint density at radius 3 is 2.47 bits per heavy atom. The first-order valence-electron chi connectivity index (χ1n) is 11.4. The van der Waals surface area contributed by atoms with Crippen molar-refractivity contribution in [3.63, 3.8) is 0 Å². The SMILES string of the molecule is O=S(=O)(Nc1cc(-c2ccc(F)cc2F)cc(-n2cnc3cc(-c4cnco4)ccc32)c1)c1ccccc1. The van der Waals surface area contributed by atoms with E-state index in [9.17, 15) is 17.2 Å². The Hall–Kier alpha value is -4.83. The smallest absolute Gasteiger partial charge is 0.261 e. The zero-order chi connectivity index (χ0) is 26.3. The first kappa shape index (κ1) is 23.6. The quantitative estimate of drug-likeness (QED) is 0.269. The van der Waals surface area contributed by atoms with Crippen LogP contribution in [-0.2, 0) is 10.0 Å². The molecular formula is C28H18F2N4O3S. The summed E-state index contributed by atoms with van der Waals surface area (Å²) in [7, 11) is -3.93. The molecule has 0 saturated heterocycles. The largest absolute Gasteiger partial charge is 0.444 e. The summed E-state index contributed by atoms with van der Waals surface area (Å²) in [5.74, 6) is -0.894. The Labute approximate surface area is 216 Å². The van der Waals surface area contributed by atoms with Crippen molar-refractivity contribution < 1.29 is 21.6 Å². The van der Waals surface area contributed by atoms with Gasteiger partial charge < -0.3 is 4.42 Å². The fourth-order valence-electron chi connectivity index (χ4n) is 4.23. The van der Waals surface area contributed by atoms with Gasteiger partial charge in [-0.1, -0.05) is 18.2 Å². The molecule has 0 atom stereocenters. The minimum absolute atomic E-state index is 0.0768. The number of nitrogens with one attached hydrogen (secondary N) is 1. The maximum absolute atomic E-state index is 14.8. The number of hydrogen-bond acceptors (Lipinski definition) is 5. The zero-order valence-corrected chi connectivity index (χ0v) is 20.4. The van der Waals surface area contributed by atoms with E-state index < -0.39 is 21.7 Å². The van der Waals surface area contributed by atoms with Crippen LogP contribution in [-0.4, -0.2) is 23.0 Å². The molecule has 0 aliphatic heterocycles. The highest BCUT2D eigenvalue weighted by Crippen LogP contribution is 2.32. The number of imidazole rings is 1. The second kappa shape index (κ2) is 9.24. The lowest BCUT2D eigenvalue weighted by molar-refractivity contribution is 0.572. The highest BCUT2D eigenvalue weighted by atomic mass is 32.2. The molecule has 38 heavy (non-hydrogen) atoms. The van der Waals surface area contributed by atoms with Gasteiger partial charge in [0.05, 0.1) is 27.8 Å². The molecule has 0 amide bonds. The second-order valence-corrected chi connectivity index (χ2v) is 10.2. The third kappa shape index (κ3) is 4.41.